The van der Waals surface area contributed by atoms with Crippen molar-refractivity contribution in [1.29, 1.82) is 0 Å². The Bertz CT molecular complexity index is 748. The highest BCUT2D eigenvalue weighted by molar-refractivity contribution is 6.16. The van der Waals surface area contributed by atoms with Crippen LogP contribution in [0.3, 0.4) is 0 Å². The van der Waals surface area contributed by atoms with E-state index in [2.05, 4.69) is 0 Å². The van der Waals surface area contributed by atoms with E-state index in [1.54, 1.807) is 0 Å². The molecule has 3 rings (SSSR count). The van der Waals surface area contributed by atoms with Gasteiger partial charge in [0.1, 0.15) is 28.6 Å². The van der Waals surface area contributed by atoms with Gasteiger partial charge in [0.05, 0.1) is 7.11 Å². The van der Waals surface area contributed by atoms with E-state index in [0.717, 1.165) is 0 Å². The third-order valence-electron chi connectivity index (χ3n) is 3.13. The largest absolute Gasteiger partial charge is 0.507 e. The van der Waals surface area contributed by atoms with Crippen LogP contribution < -0.4 is 9.47 Å². The number of Topliss-reactive ketones (excluding diaryl/α,β-unsaturated/α-hetero) is 1. The average Bonchev–Trinajstić information content (AvgIpc) is 2.78. The molecule has 0 unspecified atom stereocenters. The van der Waals surface area contributed by atoms with Gasteiger partial charge in [-0.15, -0.1) is 0 Å². The second kappa shape index (κ2) is 4.94. The normalized spacial score (nSPS) is 15.0. The Hall–Kier alpha value is -2.82. The number of benzene rings is 2. The van der Waals surface area contributed by atoms with Crippen molar-refractivity contribution in [3.8, 4) is 17.2 Å². The fourth-order valence-electron chi connectivity index (χ4n) is 2.10. The third-order valence-corrected chi connectivity index (χ3v) is 3.13. The molecule has 0 saturated carbocycles. The van der Waals surface area contributed by atoms with Crippen LogP contribution in [0.5, 0.6) is 17.2 Å². The number of rotatable bonds is 2. The van der Waals surface area contributed by atoms with E-state index in [4.69, 9.17) is 9.47 Å². The van der Waals surface area contributed by atoms with E-state index in [1.165, 1.54) is 49.6 Å². The summed E-state index contributed by atoms with van der Waals surface area (Å²) in [6.07, 6.45) is 1.49. The summed E-state index contributed by atoms with van der Waals surface area (Å²) in [7, 11) is 1.45. The Morgan fingerprint density at radius 3 is 2.62 bits per heavy atom. The number of carbonyl (C=O) groups is 1. The summed E-state index contributed by atoms with van der Waals surface area (Å²) in [5.41, 5.74) is 0.725. The van der Waals surface area contributed by atoms with Gasteiger partial charge in [0, 0.05) is 12.1 Å². The van der Waals surface area contributed by atoms with Gasteiger partial charge in [0.25, 0.3) is 0 Å². The highest BCUT2D eigenvalue weighted by Gasteiger charge is 2.31. The molecule has 5 heteroatoms. The first-order chi connectivity index (χ1) is 10.1. The van der Waals surface area contributed by atoms with Crippen molar-refractivity contribution in [1.82, 2.24) is 0 Å². The number of ketones is 1. The Balaban J connectivity index is 2.00. The fourth-order valence-corrected chi connectivity index (χ4v) is 2.10. The van der Waals surface area contributed by atoms with Gasteiger partial charge in [-0.3, -0.25) is 4.79 Å². The number of methoxy groups -OCH3 is 1. The number of halogens is 1. The van der Waals surface area contributed by atoms with Crippen LogP contribution in [0.1, 0.15) is 15.9 Å². The molecule has 106 valence electrons. The fraction of sp³-hybridized carbons (Fsp3) is 0.0625. The van der Waals surface area contributed by atoms with Gasteiger partial charge in [-0.1, -0.05) is 12.1 Å². The number of phenolic OH excluding ortho intramolecular Hbond substituents is 1. The summed E-state index contributed by atoms with van der Waals surface area (Å²) in [4.78, 5) is 12.2. The molecular formula is C16H11FO4. The number of carbonyl (C=O) groups excluding carboxylic acids is 1. The highest BCUT2D eigenvalue weighted by Crippen LogP contribution is 2.40. The predicted octanol–water partition coefficient (Wildman–Crippen LogP) is 3.16. The van der Waals surface area contributed by atoms with Crippen LogP contribution in [0.25, 0.3) is 6.08 Å². The molecule has 0 amide bonds. The van der Waals surface area contributed by atoms with Crippen LogP contribution in [0.15, 0.2) is 42.2 Å². The van der Waals surface area contributed by atoms with E-state index in [9.17, 15) is 14.3 Å². The van der Waals surface area contributed by atoms with Crippen LogP contribution in [-0.2, 0) is 0 Å². The van der Waals surface area contributed by atoms with Crippen molar-refractivity contribution in [3.05, 3.63) is 59.1 Å². The molecule has 21 heavy (non-hydrogen) atoms. The molecule has 0 bridgehead atoms. The maximum atomic E-state index is 12.9. The molecule has 1 heterocycles. The molecule has 0 atom stereocenters. The van der Waals surface area contributed by atoms with Crippen LogP contribution in [0.2, 0.25) is 0 Å². The zero-order valence-electron chi connectivity index (χ0n) is 11.1. The predicted molar refractivity (Wildman–Crippen MR) is 74.0 cm³/mol. The average molecular weight is 286 g/mol. The summed E-state index contributed by atoms with van der Waals surface area (Å²) in [6.45, 7) is 0. The number of hydrogen-bond acceptors (Lipinski definition) is 4. The number of fused-ring (bicyclic) bond motifs is 1. The SMILES string of the molecule is COc1cc(O)c2c(c1)O/C(=C\c1ccc(F)cc1)C2=O. The third kappa shape index (κ3) is 2.33. The number of aromatic hydroxyl groups is 1. The van der Waals surface area contributed by atoms with E-state index >= 15 is 0 Å². The molecule has 1 N–H and O–H groups in total. The molecule has 0 spiro atoms. The van der Waals surface area contributed by atoms with Crippen molar-refractivity contribution in [2.75, 3.05) is 7.11 Å². The minimum atomic E-state index is -0.422. The Kier molecular flexibility index (Phi) is 3.10. The zero-order valence-corrected chi connectivity index (χ0v) is 11.1. The van der Waals surface area contributed by atoms with Gasteiger partial charge in [-0.25, -0.2) is 4.39 Å². The van der Waals surface area contributed by atoms with Crippen LogP contribution in [0.4, 0.5) is 4.39 Å². The van der Waals surface area contributed by atoms with Crippen molar-refractivity contribution in [3.63, 3.8) is 0 Å². The lowest BCUT2D eigenvalue weighted by atomic mass is 10.1. The van der Waals surface area contributed by atoms with Crippen LogP contribution >= 0.6 is 0 Å². The summed E-state index contributed by atoms with van der Waals surface area (Å²) in [5, 5.41) is 9.88. The van der Waals surface area contributed by atoms with E-state index in [0.29, 0.717) is 11.3 Å². The molecule has 2 aromatic rings. The lowest BCUT2D eigenvalue weighted by Gasteiger charge is -2.03. The smallest absolute Gasteiger partial charge is 0.235 e. The van der Waals surface area contributed by atoms with Crippen molar-refractivity contribution in [2.45, 2.75) is 0 Å². The van der Waals surface area contributed by atoms with Crippen LogP contribution in [-0.4, -0.2) is 18.0 Å². The number of phenols is 1. The van der Waals surface area contributed by atoms with Crippen LogP contribution in [0, 0.1) is 5.82 Å². The standard InChI is InChI=1S/C16H11FO4/c1-20-11-7-12(18)15-13(8-11)21-14(16(15)19)6-9-2-4-10(17)5-3-9/h2-8,18H,1H3/b14-6-. The van der Waals surface area contributed by atoms with E-state index in [1.807, 2.05) is 0 Å². The number of hydrogen-bond donors (Lipinski definition) is 1. The molecule has 0 fully saturated rings. The Morgan fingerprint density at radius 1 is 1.24 bits per heavy atom. The van der Waals surface area contributed by atoms with Gasteiger partial charge in [0.15, 0.2) is 5.76 Å². The summed E-state index contributed by atoms with van der Waals surface area (Å²) < 4.78 is 23.3. The monoisotopic (exact) mass is 286 g/mol. The van der Waals surface area contributed by atoms with Gasteiger partial charge in [-0.05, 0) is 23.8 Å². The molecular weight excluding hydrogens is 275 g/mol. The molecule has 0 aliphatic carbocycles. The molecule has 2 aromatic carbocycles. The van der Waals surface area contributed by atoms with E-state index < -0.39 is 5.78 Å². The summed E-state index contributed by atoms with van der Waals surface area (Å²) >= 11 is 0. The van der Waals surface area contributed by atoms with Crippen molar-refractivity contribution >= 4 is 11.9 Å². The van der Waals surface area contributed by atoms with Crippen molar-refractivity contribution < 1.29 is 23.8 Å². The highest BCUT2D eigenvalue weighted by atomic mass is 19.1. The Labute approximate surface area is 120 Å². The number of allylic oxidation sites excluding steroid dienone is 1. The molecule has 0 saturated heterocycles. The lowest BCUT2D eigenvalue weighted by Crippen LogP contribution is -1.98. The molecule has 0 radical (unpaired) electrons. The summed E-state index contributed by atoms with van der Waals surface area (Å²) in [6, 6.07) is 8.52. The van der Waals surface area contributed by atoms with E-state index in [-0.39, 0.29) is 28.6 Å². The topological polar surface area (TPSA) is 55.8 Å². The summed E-state index contributed by atoms with van der Waals surface area (Å²) in [5.74, 6) is -0.278. The first-order valence-electron chi connectivity index (χ1n) is 6.19. The minimum Gasteiger partial charge on any atom is -0.507 e. The van der Waals surface area contributed by atoms with Gasteiger partial charge < -0.3 is 14.6 Å². The lowest BCUT2D eigenvalue weighted by molar-refractivity contribution is 0.101. The van der Waals surface area contributed by atoms with Gasteiger partial charge in [-0.2, -0.15) is 0 Å². The molecule has 0 aromatic heterocycles. The first-order valence-corrected chi connectivity index (χ1v) is 6.19. The number of ether oxygens (including phenoxy) is 2. The van der Waals surface area contributed by atoms with Crippen molar-refractivity contribution in [2.24, 2.45) is 0 Å². The van der Waals surface area contributed by atoms with Gasteiger partial charge >= 0.3 is 0 Å². The molecule has 4 nitrogen and oxygen atoms in total. The first kappa shape index (κ1) is 13.2. The minimum absolute atomic E-state index is 0.0696. The second-order valence-electron chi connectivity index (χ2n) is 4.51. The Morgan fingerprint density at radius 2 is 1.95 bits per heavy atom. The zero-order chi connectivity index (χ0) is 15.0. The maximum absolute atomic E-state index is 12.9. The van der Waals surface area contributed by atoms with Gasteiger partial charge in [0.2, 0.25) is 5.78 Å². The quantitative estimate of drug-likeness (QED) is 0.862. The molecule has 1 aliphatic rings. The second-order valence-corrected chi connectivity index (χ2v) is 4.51. The maximum Gasteiger partial charge on any atom is 0.235 e. The molecule has 1 aliphatic heterocycles.